The maximum absolute atomic E-state index is 12.5. The Kier molecular flexibility index (Phi) is 6.64. The number of carbonyl (C=O) groups is 1. The van der Waals surface area contributed by atoms with E-state index in [-0.39, 0.29) is 5.91 Å². The number of hydrogen-bond acceptors (Lipinski definition) is 3. The van der Waals surface area contributed by atoms with Crippen molar-refractivity contribution in [3.8, 4) is 0 Å². The van der Waals surface area contributed by atoms with Crippen LogP contribution in [0.25, 0.3) is 0 Å². The monoisotopic (exact) mass is 365 g/mol. The summed E-state index contributed by atoms with van der Waals surface area (Å²) in [6.45, 7) is 8.12. The number of nitrogens with zero attached hydrogens (tertiary/aromatic N) is 1. The first-order chi connectivity index (χ1) is 13.0. The van der Waals surface area contributed by atoms with Crippen molar-refractivity contribution in [2.45, 2.75) is 45.8 Å². The highest BCUT2D eigenvalue weighted by atomic mass is 16.2. The molecular weight excluding hydrogens is 334 g/mol. The van der Waals surface area contributed by atoms with Gasteiger partial charge in [0.25, 0.3) is 0 Å². The summed E-state index contributed by atoms with van der Waals surface area (Å²) in [5.74, 6) is 0.694. The van der Waals surface area contributed by atoms with Gasteiger partial charge in [0.2, 0.25) is 5.91 Å². The topological polar surface area (TPSA) is 58.4 Å². The SMILES string of the molecule is Cc1ccc(C(N)C(=O)NCc2ccccc2CN2CCC(C)CC2)cc1. The van der Waals surface area contributed by atoms with E-state index < -0.39 is 6.04 Å². The minimum Gasteiger partial charge on any atom is -0.350 e. The van der Waals surface area contributed by atoms with E-state index in [1.807, 2.05) is 37.3 Å². The zero-order valence-electron chi connectivity index (χ0n) is 16.4. The van der Waals surface area contributed by atoms with Crippen LogP contribution in [0.15, 0.2) is 48.5 Å². The van der Waals surface area contributed by atoms with Gasteiger partial charge in [0.15, 0.2) is 0 Å². The molecule has 0 radical (unpaired) electrons. The Morgan fingerprint density at radius 3 is 2.41 bits per heavy atom. The number of likely N-dealkylation sites (tertiary alicyclic amines) is 1. The van der Waals surface area contributed by atoms with Crippen LogP contribution in [-0.4, -0.2) is 23.9 Å². The molecule has 1 fully saturated rings. The lowest BCUT2D eigenvalue weighted by atomic mass is 9.98. The van der Waals surface area contributed by atoms with Gasteiger partial charge in [-0.2, -0.15) is 0 Å². The first-order valence-corrected chi connectivity index (χ1v) is 9.92. The third kappa shape index (κ3) is 5.41. The van der Waals surface area contributed by atoms with Gasteiger partial charge in [0.05, 0.1) is 0 Å². The fourth-order valence-electron chi connectivity index (χ4n) is 3.56. The van der Waals surface area contributed by atoms with Crippen molar-refractivity contribution in [3.05, 3.63) is 70.8 Å². The Balaban J connectivity index is 1.59. The fourth-order valence-corrected chi connectivity index (χ4v) is 3.56. The smallest absolute Gasteiger partial charge is 0.241 e. The van der Waals surface area contributed by atoms with E-state index in [4.69, 9.17) is 5.73 Å². The first-order valence-electron chi connectivity index (χ1n) is 9.92. The van der Waals surface area contributed by atoms with Crippen molar-refractivity contribution in [3.63, 3.8) is 0 Å². The second-order valence-electron chi connectivity index (χ2n) is 7.83. The van der Waals surface area contributed by atoms with Gasteiger partial charge in [-0.25, -0.2) is 0 Å². The van der Waals surface area contributed by atoms with Crippen molar-refractivity contribution >= 4 is 5.91 Å². The Hall–Kier alpha value is -2.17. The van der Waals surface area contributed by atoms with Gasteiger partial charge in [-0.1, -0.05) is 61.0 Å². The molecule has 2 aromatic carbocycles. The molecule has 0 bridgehead atoms. The van der Waals surface area contributed by atoms with Crippen LogP contribution in [0, 0.1) is 12.8 Å². The van der Waals surface area contributed by atoms with Gasteiger partial charge in [0, 0.05) is 13.1 Å². The first kappa shape index (κ1) is 19.6. The Morgan fingerprint density at radius 1 is 1.11 bits per heavy atom. The van der Waals surface area contributed by atoms with E-state index in [0.29, 0.717) is 6.54 Å². The van der Waals surface area contributed by atoms with Gasteiger partial charge in [-0.3, -0.25) is 9.69 Å². The molecule has 2 aromatic rings. The maximum atomic E-state index is 12.5. The molecule has 1 unspecified atom stereocenters. The molecule has 0 saturated carbocycles. The molecule has 1 atom stereocenters. The van der Waals surface area contributed by atoms with Crippen LogP contribution in [0.5, 0.6) is 0 Å². The number of carbonyl (C=O) groups excluding carboxylic acids is 1. The lowest BCUT2D eigenvalue weighted by Gasteiger charge is -2.30. The highest BCUT2D eigenvalue weighted by Crippen LogP contribution is 2.20. The summed E-state index contributed by atoms with van der Waals surface area (Å²) >= 11 is 0. The van der Waals surface area contributed by atoms with Crippen molar-refractivity contribution < 1.29 is 4.79 Å². The number of piperidine rings is 1. The molecule has 1 heterocycles. The molecule has 4 nitrogen and oxygen atoms in total. The van der Waals surface area contributed by atoms with Crippen LogP contribution < -0.4 is 11.1 Å². The van der Waals surface area contributed by atoms with Crippen molar-refractivity contribution in [1.82, 2.24) is 10.2 Å². The molecule has 1 aliphatic heterocycles. The van der Waals surface area contributed by atoms with E-state index in [1.165, 1.54) is 24.0 Å². The minimum atomic E-state index is -0.638. The Labute approximate surface area is 162 Å². The van der Waals surface area contributed by atoms with Crippen LogP contribution >= 0.6 is 0 Å². The van der Waals surface area contributed by atoms with Gasteiger partial charge in [-0.05, 0) is 55.5 Å². The lowest BCUT2D eigenvalue weighted by Crippen LogP contribution is -2.35. The van der Waals surface area contributed by atoms with E-state index in [1.54, 1.807) is 0 Å². The number of nitrogens with two attached hydrogens (primary N) is 1. The molecule has 1 amide bonds. The van der Waals surface area contributed by atoms with E-state index in [2.05, 4.69) is 35.3 Å². The summed E-state index contributed by atoms with van der Waals surface area (Å²) in [4.78, 5) is 15.0. The molecule has 4 heteroatoms. The zero-order valence-corrected chi connectivity index (χ0v) is 16.4. The summed E-state index contributed by atoms with van der Waals surface area (Å²) in [6.07, 6.45) is 2.54. The van der Waals surface area contributed by atoms with Crippen molar-refractivity contribution in [2.24, 2.45) is 11.7 Å². The summed E-state index contributed by atoms with van der Waals surface area (Å²) < 4.78 is 0. The normalized spacial score (nSPS) is 16.9. The lowest BCUT2D eigenvalue weighted by molar-refractivity contribution is -0.122. The molecule has 0 spiro atoms. The van der Waals surface area contributed by atoms with E-state index >= 15 is 0 Å². The fraction of sp³-hybridized carbons (Fsp3) is 0.435. The average Bonchev–Trinajstić information content (AvgIpc) is 2.69. The number of rotatable bonds is 6. The van der Waals surface area contributed by atoms with Crippen molar-refractivity contribution in [2.75, 3.05) is 13.1 Å². The van der Waals surface area contributed by atoms with Gasteiger partial charge in [0.1, 0.15) is 6.04 Å². The molecule has 27 heavy (non-hydrogen) atoms. The highest BCUT2D eigenvalue weighted by Gasteiger charge is 2.18. The largest absolute Gasteiger partial charge is 0.350 e. The van der Waals surface area contributed by atoms with Crippen LogP contribution in [0.1, 0.15) is 48.1 Å². The van der Waals surface area contributed by atoms with Gasteiger partial charge in [-0.15, -0.1) is 0 Å². The molecular formula is C23H31N3O. The molecule has 0 aromatic heterocycles. The van der Waals surface area contributed by atoms with Crippen LogP contribution in [0.2, 0.25) is 0 Å². The number of amides is 1. The van der Waals surface area contributed by atoms with Gasteiger partial charge >= 0.3 is 0 Å². The summed E-state index contributed by atoms with van der Waals surface area (Å²) in [7, 11) is 0. The van der Waals surface area contributed by atoms with Crippen LogP contribution in [0.4, 0.5) is 0 Å². The molecule has 0 aliphatic carbocycles. The summed E-state index contributed by atoms with van der Waals surface area (Å²) in [6, 6.07) is 15.5. The molecule has 144 valence electrons. The number of nitrogens with one attached hydrogen (secondary N) is 1. The number of benzene rings is 2. The number of aryl methyl sites for hydroxylation is 1. The standard InChI is InChI=1S/C23H31N3O/c1-17-7-9-19(10-8-17)22(24)23(27)25-15-20-5-3-4-6-21(20)16-26-13-11-18(2)12-14-26/h3-10,18,22H,11-16,24H2,1-2H3,(H,25,27). The quantitative estimate of drug-likeness (QED) is 0.823. The Bertz CT molecular complexity index is 748. The third-order valence-electron chi connectivity index (χ3n) is 5.56. The molecule has 3 N–H and O–H groups in total. The van der Waals surface area contributed by atoms with Crippen LogP contribution in [0.3, 0.4) is 0 Å². The molecule has 1 aliphatic rings. The minimum absolute atomic E-state index is 0.138. The van der Waals surface area contributed by atoms with Crippen molar-refractivity contribution in [1.29, 1.82) is 0 Å². The van der Waals surface area contributed by atoms with E-state index in [9.17, 15) is 4.79 Å². The predicted octanol–water partition coefficient (Wildman–Crippen LogP) is 3.54. The summed E-state index contributed by atoms with van der Waals surface area (Å²) in [5.41, 5.74) is 10.6. The van der Waals surface area contributed by atoms with E-state index in [0.717, 1.165) is 36.7 Å². The maximum Gasteiger partial charge on any atom is 0.241 e. The predicted molar refractivity (Wildman–Crippen MR) is 110 cm³/mol. The summed E-state index contributed by atoms with van der Waals surface area (Å²) in [5, 5.41) is 3.01. The average molecular weight is 366 g/mol. The molecule has 3 rings (SSSR count). The second-order valence-corrected chi connectivity index (χ2v) is 7.83. The number of hydrogen-bond donors (Lipinski definition) is 2. The third-order valence-corrected chi connectivity index (χ3v) is 5.56. The van der Waals surface area contributed by atoms with Gasteiger partial charge < -0.3 is 11.1 Å². The second kappa shape index (κ2) is 9.16. The highest BCUT2D eigenvalue weighted by molar-refractivity contribution is 5.82. The van der Waals surface area contributed by atoms with Crippen LogP contribution in [-0.2, 0) is 17.9 Å². The zero-order chi connectivity index (χ0) is 19.2. The Morgan fingerprint density at radius 2 is 1.74 bits per heavy atom. The molecule has 1 saturated heterocycles.